The predicted octanol–water partition coefficient (Wildman–Crippen LogP) is 0.0949. The van der Waals surface area contributed by atoms with E-state index in [1.807, 2.05) is 13.8 Å². The van der Waals surface area contributed by atoms with Gasteiger partial charge in [-0.2, -0.15) is 0 Å². The first-order valence-electron chi connectivity index (χ1n) is 5.10. The fraction of sp³-hybridized carbons (Fsp3) is 0.500. The van der Waals surface area contributed by atoms with Gasteiger partial charge >= 0.3 is 0 Å². The maximum atomic E-state index is 11.6. The van der Waals surface area contributed by atoms with Crippen LogP contribution < -0.4 is 16.2 Å². The monoisotopic (exact) mass is 224 g/mol. The van der Waals surface area contributed by atoms with E-state index in [0.29, 0.717) is 5.82 Å². The molecule has 6 nitrogen and oxygen atoms in total. The molecule has 1 aromatic rings. The van der Waals surface area contributed by atoms with Gasteiger partial charge in [0.1, 0.15) is 11.9 Å². The number of hydrogen-bond acceptors (Lipinski definition) is 4. The fourth-order valence-electron chi connectivity index (χ4n) is 1.14. The summed E-state index contributed by atoms with van der Waals surface area (Å²) in [7, 11) is 0. The Morgan fingerprint density at radius 3 is 2.69 bits per heavy atom. The third-order valence-electron chi connectivity index (χ3n) is 1.87. The third kappa shape index (κ3) is 3.72. The van der Waals surface area contributed by atoms with Crippen LogP contribution in [0.1, 0.15) is 20.8 Å². The number of aromatic nitrogens is 2. The highest BCUT2D eigenvalue weighted by atomic mass is 16.2. The smallest absolute Gasteiger partial charge is 0.252 e. The van der Waals surface area contributed by atoms with Crippen LogP contribution in [-0.4, -0.2) is 28.0 Å². The van der Waals surface area contributed by atoms with Crippen LogP contribution in [0.2, 0.25) is 0 Å². The Kier molecular flexibility index (Phi) is 4.04. The molecular formula is C10H16N4O2. The first-order valence-corrected chi connectivity index (χ1v) is 5.10. The molecule has 3 N–H and O–H groups in total. The van der Waals surface area contributed by atoms with Crippen molar-refractivity contribution in [2.75, 3.05) is 5.32 Å². The minimum absolute atomic E-state index is 0.0869. The molecule has 1 amide bonds. The number of carbonyl (C=O) groups is 1. The average Bonchev–Trinajstić information content (AvgIpc) is 2.16. The van der Waals surface area contributed by atoms with Crippen molar-refractivity contribution in [3.63, 3.8) is 0 Å². The minimum Gasteiger partial charge on any atom is -0.358 e. The summed E-state index contributed by atoms with van der Waals surface area (Å²) in [5.41, 5.74) is -0.256. The molecule has 1 rings (SSSR count). The van der Waals surface area contributed by atoms with E-state index in [4.69, 9.17) is 0 Å². The molecule has 0 saturated heterocycles. The number of aromatic amines is 1. The Hall–Kier alpha value is -1.85. The zero-order valence-corrected chi connectivity index (χ0v) is 9.57. The van der Waals surface area contributed by atoms with Crippen LogP contribution >= 0.6 is 0 Å². The Morgan fingerprint density at radius 1 is 1.44 bits per heavy atom. The molecule has 1 atom stereocenters. The molecule has 6 heteroatoms. The van der Waals surface area contributed by atoms with Gasteiger partial charge in [-0.15, -0.1) is 0 Å². The number of carbonyl (C=O) groups excluding carboxylic acids is 1. The SMILES string of the molecule is CC(C)NC(=O)C(C)Nc1cc(=O)[nH]cn1. The predicted molar refractivity (Wildman–Crippen MR) is 61.2 cm³/mol. The fourth-order valence-corrected chi connectivity index (χ4v) is 1.14. The van der Waals surface area contributed by atoms with Crippen LogP contribution in [0.15, 0.2) is 17.2 Å². The normalized spacial score (nSPS) is 12.2. The lowest BCUT2D eigenvalue weighted by atomic mass is 10.3. The van der Waals surface area contributed by atoms with E-state index >= 15 is 0 Å². The number of amides is 1. The quantitative estimate of drug-likeness (QED) is 0.676. The van der Waals surface area contributed by atoms with Gasteiger partial charge in [0.15, 0.2) is 0 Å². The number of nitrogens with zero attached hydrogens (tertiary/aromatic N) is 1. The molecule has 1 heterocycles. The Bertz CT molecular complexity index is 413. The van der Waals surface area contributed by atoms with E-state index in [2.05, 4.69) is 20.6 Å². The molecule has 1 aromatic heterocycles. The first-order chi connectivity index (χ1) is 7.49. The van der Waals surface area contributed by atoms with E-state index < -0.39 is 6.04 Å². The summed E-state index contributed by atoms with van der Waals surface area (Å²) in [6.07, 6.45) is 1.29. The van der Waals surface area contributed by atoms with Gasteiger partial charge in [-0.3, -0.25) is 9.59 Å². The summed E-state index contributed by atoms with van der Waals surface area (Å²) in [5, 5.41) is 5.61. The summed E-state index contributed by atoms with van der Waals surface area (Å²) >= 11 is 0. The Morgan fingerprint density at radius 2 is 2.12 bits per heavy atom. The van der Waals surface area contributed by atoms with Gasteiger partial charge in [0, 0.05) is 12.1 Å². The van der Waals surface area contributed by atoms with Crippen molar-refractivity contribution >= 4 is 11.7 Å². The van der Waals surface area contributed by atoms with E-state index in [-0.39, 0.29) is 17.5 Å². The summed E-state index contributed by atoms with van der Waals surface area (Å²) < 4.78 is 0. The molecular weight excluding hydrogens is 208 g/mol. The van der Waals surface area contributed by atoms with Gasteiger partial charge in [0.25, 0.3) is 5.56 Å². The molecule has 1 unspecified atom stereocenters. The van der Waals surface area contributed by atoms with Crippen molar-refractivity contribution in [2.24, 2.45) is 0 Å². The topological polar surface area (TPSA) is 86.9 Å². The second kappa shape index (κ2) is 5.29. The van der Waals surface area contributed by atoms with Gasteiger partial charge < -0.3 is 15.6 Å². The minimum atomic E-state index is -0.434. The van der Waals surface area contributed by atoms with Crippen LogP contribution in [0.4, 0.5) is 5.82 Å². The van der Waals surface area contributed by atoms with Gasteiger partial charge in [-0.05, 0) is 20.8 Å². The summed E-state index contributed by atoms with van der Waals surface area (Å²) in [4.78, 5) is 28.8. The van der Waals surface area contributed by atoms with Gasteiger partial charge in [0.05, 0.1) is 6.33 Å². The van der Waals surface area contributed by atoms with Crippen molar-refractivity contribution in [3.05, 3.63) is 22.7 Å². The number of hydrogen-bond donors (Lipinski definition) is 3. The summed E-state index contributed by atoms with van der Waals surface area (Å²) in [6, 6.07) is 0.958. The van der Waals surface area contributed by atoms with E-state index in [9.17, 15) is 9.59 Å². The maximum Gasteiger partial charge on any atom is 0.252 e. The Labute approximate surface area is 93.5 Å². The van der Waals surface area contributed by atoms with E-state index in [0.717, 1.165) is 0 Å². The van der Waals surface area contributed by atoms with Crippen molar-refractivity contribution in [1.82, 2.24) is 15.3 Å². The molecule has 0 aromatic carbocycles. The lowest BCUT2D eigenvalue weighted by molar-refractivity contribution is -0.122. The maximum absolute atomic E-state index is 11.6. The first kappa shape index (κ1) is 12.2. The second-order valence-electron chi connectivity index (χ2n) is 3.83. The van der Waals surface area contributed by atoms with Crippen molar-refractivity contribution < 1.29 is 4.79 Å². The average molecular weight is 224 g/mol. The molecule has 0 bridgehead atoms. The van der Waals surface area contributed by atoms with Crippen molar-refractivity contribution in [1.29, 1.82) is 0 Å². The highest BCUT2D eigenvalue weighted by Crippen LogP contribution is 1.99. The lowest BCUT2D eigenvalue weighted by Crippen LogP contribution is -2.41. The van der Waals surface area contributed by atoms with Crippen LogP contribution in [0.3, 0.4) is 0 Å². The lowest BCUT2D eigenvalue weighted by Gasteiger charge is -2.15. The highest BCUT2D eigenvalue weighted by Gasteiger charge is 2.13. The number of H-pyrrole nitrogens is 1. The van der Waals surface area contributed by atoms with Gasteiger partial charge in [0.2, 0.25) is 5.91 Å². The Balaban J connectivity index is 2.60. The van der Waals surface area contributed by atoms with Crippen LogP contribution in [0.5, 0.6) is 0 Å². The zero-order chi connectivity index (χ0) is 12.1. The van der Waals surface area contributed by atoms with Crippen molar-refractivity contribution in [2.45, 2.75) is 32.9 Å². The number of anilines is 1. The highest BCUT2D eigenvalue weighted by molar-refractivity contribution is 5.84. The largest absolute Gasteiger partial charge is 0.358 e. The molecule has 0 spiro atoms. The van der Waals surface area contributed by atoms with Crippen LogP contribution in [-0.2, 0) is 4.79 Å². The van der Waals surface area contributed by atoms with Crippen LogP contribution in [0, 0.1) is 0 Å². The zero-order valence-electron chi connectivity index (χ0n) is 9.57. The standard InChI is InChI=1S/C10H16N4O2/c1-6(2)13-10(16)7(3)14-8-4-9(15)12-5-11-8/h4-7H,1-3H3,(H,13,16)(H2,11,12,14,15). The summed E-state index contributed by atoms with van der Waals surface area (Å²) in [5.74, 6) is 0.257. The van der Waals surface area contributed by atoms with Gasteiger partial charge in [-0.25, -0.2) is 4.98 Å². The molecule has 0 radical (unpaired) electrons. The van der Waals surface area contributed by atoms with E-state index in [1.165, 1.54) is 12.4 Å². The molecule has 16 heavy (non-hydrogen) atoms. The number of rotatable bonds is 4. The molecule has 0 aliphatic carbocycles. The number of nitrogens with one attached hydrogen (secondary N) is 3. The molecule has 0 fully saturated rings. The molecule has 0 aliphatic rings. The molecule has 88 valence electrons. The third-order valence-corrected chi connectivity index (χ3v) is 1.87. The molecule has 0 saturated carbocycles. The van der Waals surface area contributed by atoms with E-state index in [1.54, 1.807) is 6.92 Å². The van der Waals surface area contributed by atoms with Gasteiger partial charge in [-0.1, -0.05) is 0 Å². The molecule has 0 aliphatic heterocycles. The second-order valence-corrected chi connectivity index (χ2v) is 3.83. The van der Waals surface area contributed by atoms with Crippen LogP contribution in [0.25, 0.3) is 0 Å². The summed E-state index contributed by atoms with van der Waals surface area (Å²) in [6.45, 7) is 5.48. The van der Waals surface area contributed by atoms with Crippen molar-refractivity contribution in [3.8, 4) is 0 Å².